The molecule has 558 valence electrons. The van der Waals surface area contributed by atoms with Crippen LogP contribution >= 0.6 is 15.6 Å². The second-order valence-corrected chi connectivity index (χ2v) is 31.4. The lowest BCUT2D eigenvalue weighted by atomic mass is 10.0. The molecule has 17 nitrogen and oxygen atoms in total. The molecule has 0 amide bonds. The highest BCUT2D eigenvalue weighted by Crippen LogP contribution is 2.45. The van der Waals surface area contributed by atoms with Crippen LogP contribution in [-0.2, 0) is 65.4 Å². The summed E-state index contributed by atoms with van der Waals surface area (Å²) in [7, 11) is -9.91. The maximum atomic E-state index is 13.1. The second-order valence-electron chi connectivity index (χ2n) is 28.5. The van der Waals surface area contributed by atoms with Gasteiger partial charge in [-0.15, -0.1) is 0 Å². The maximum absolute atomic E-state index is 13.1. The topological polar surface area (TPSA) is 237 Å². The molecule has 0 heterocycles. The molecule has 0 aromatic rings. The average molecular weight is 1380 g/mol. The van der Waals surface area contributed by atoms with Gasteiger partial charge >= 0.3 is 39.5 Å². The number of carbonyl (C=O) groups is 4. The summed E-state index contributed by atoms with van der Waals surface area (Å²) >= 11 is 0. The van der Waals surface area contributed by atoms with Crippen LogP contribution in [0.25, 0.3) is 0 Å². The first-order valence-electron chi connectivity index (χ1n) is 38.8. The SMILES string of the molecule is CCCCCCCCCCC(=O)OC[C@H](COP(=O)(O)OC[C@H](O)COP(=O)(O)OC[C@@H](COC(=O)CCCCCCCCCCCCCCCCC(C)C)OC(=O)CCCCCCCCCCCCCCCCCC(C)C)OC(=O)CCCCCCCCCCC(C)C. The van der Waals surface area contributed by atoms with Crippen molar-refractivity contribution in [3.63, 3.8) is 0 Å². The van der Waals surface area contributed by atoms with E-state index < -0.39 is 97.5 Å². The molecule has 0 aliphatic heterocycles. The van der Waals surface area contributed by atoms with E-state index in [9.17, 15) is 43.2 Å². The van der Waals surface area contributed by atoms with E-state index in [1.165, 1.54) is 186 Å². The molecule has 0 aromatic carbocycles. The first-order chi connectivity index (χ1) is 45.2. The fraction of sp³-hybridized carbons (Fsp3) is 0.947. The number of carbonyl (C=O) groups excluding carboxylic acids is 4. The highest BCUT2D eigenvalue weighted by Gasteiger charge is 2.30. The largest absolute Gasteiger partial charge is 0.472 e. The molecule has 0 aliphatic rings. The number of hydrogen-bond donors (Lipinski definition) is 3. The van der Waals surface area contributed by atoms with Gasteiger partial charge in [0.1, 0.15) is 19.3 Å². The fourth-order valence-corrected chi connectivity index (χ4v) is 13.0. The van der Waals surface area contributed by atoms with Crippen LogP contribution in [0.2, 0.25) is 0 Å². The number of ether oxygens (including phenoxy) is 4. The third-order valence-corrected chi connectivity index (χ3v) is 19.3. The van der Waals surface area contributed by atoms with Crippen LogP contribution in [0.4, 0.5) is 0 Å². The van der Waals surface area contributed by atoms with Crippen molar-refractivity contribution in [3.8, 4) is 0 Å². The Labute approximate surface area is 575 Å². The summed E-state index contributed by atoms with van der Waals surface area (Å²) in [4.78, 5) is 72.7. The smallest absolute Gasteiger partial charge is 0.462 e. The Morgan fingerprint density at radius 3 is 0.723 bits per heavy atom. The van der Waals surface area contributed by atoms with Gasteiger partial charge in [0.2, 0.25) is 0 Å². The Balaban J connectivity index is 5.21. The monoisotopic (exact) mass is 1380 g/mol. The van der Waals surface area contributed by atoms with Gasteiger partial charge in [-0.05, 0) is 43.4 Å². The minimum atomic E-state index is -4.96. The van der Waals surface area contributed by atoms with E-state index in [0.29, 0.717) is 25.7 Å². The zero-order chi connectivity index (χ0) is 69.4. The maximum Gasteiger partial charge on any atom is 0.472 e. The number of phosphoric acid groups is 2. The molecule has 3 N–H and O–H groups in total. The Morgan fingerprint density at radius 2 is 0.489 bits per heavy atom. The van der Waals surface area contributed by atoms with Gasteiger partial charge in [-0.25, -0.2) is 9.13 Å². The molecule has 0 rings (SSSR count). The van der Waals surface area contributed by atoms with Gasteiger partial charge in [0.05, 0.1) is 26.4 Å². The number of rotatable bonds is 73. The summed E-state index contributed by atoms with van der Waals surface area (Å²) in [6.07, 6.45) is 51.5. The van der Waals surface area contributed by atoms with Crippen molar-refractivity contribution in [2.75, 3.05) is 39.6 Å². The molecule has 0 aromatic heterocycles. The van der Waals surface area contributed by atoms with Crippen molar-refractivity contribution < 1.29 is 80.2 Å². The second kappa shape index (κ2) is 65.7. The van der Waals surface area contributed by atoms with Crippen molar-refractivity contribution in [1.29, 1.82) is 0 Å². The number of hydrogen-bond acceptors (Lipinski definition) is 15. The lowest BCUT2D eigenvalue weighted by Crippen LogP contribution is -2.30. The van der Waals surface area contributed by atoms with E-state index in [-0.39, 0.29) is 25.7 Å². The molecular formula is C75H146O17P2. The zero-order valence-corrected chi connectivity index (χ0v) is 63.2. The van der Waals surface area contributed by atoms with Crippen molar-refractivity contribution >= 4 is 39.5 Å². The first-order valence-corrected chi connectivity index (χ1v) is 41.8. The Hall–Kier alpha value is -1.94. The number of phosphoric ester groups is 2. The molecule has 0 saturated heterocycles. The van der Waals surface area contributed by atoms with Crippen LogP contribution in [0.5, 0.6) is 0 Å². The van der Waals surface area contributed by atoms with Crippen LogP contribution in [0, 0.1) is 17.8 Å². The summed E-state index contributed by atoms with van der Waals surface area (Å²) < 4.78 is 68.4. The van der Waals surface area contributed by atoms with Gasteiger partial charge in [0, 0.05) is 25.7 Å². The predicted molar refractivity (Wildman–Crippen MR) is 381 cm³/mol. The minimum absolute atomic E-state index is 0.104. The summed E-state index contributed by atoms with van der Waals surface area (Å²) in [5.74, 6) is 0.197. The van der Waals surface area contributed by atoms with Crippen LogP contribution in [-0.4, -0.2) is 96.7 Å². The fourth-order valence-electron chi connectivity index (χ4n) is 11.4. The van der Waals surface area contributed by atoms with Gasteiger partial charge in [0.15, 0.2) is 12.2 Å². The van der Waals surface area contributed by atoms with Gasteiger partial charge in [-0.3, -0.25) is 37.3 Å². The molecule has 2 unspecified atom stereocenters. The number of aliphatic hydroxyl groups excluding tert-OH is 1. The Kier molecular flexibility index (Phi) is 64.3. The number of esters is 4. The van der Waals surface area contributed by atoms with Crippen molar-refractivity contribution in [2.24, 2.45) is 17.8 Å². The van der Waals surface area contributed by atoms with Crippen molar-refractivity contribution in [1.82, 2.24) is 0 Å². The summed E-state index contributed by atoms with van der Waals surface area (Å²) in [5, 5.41) is 10.6. The number of aliphatic hydroxyl groups is 1. The third-order valence-electron chi connectivity index (χ3n) is 17.4. The molecule has 0 fully saturated rings. The molecule has 0 saturated carbocycles. The lowest BCUT2D eigenvalue weighted by molar-refractivity contribution is -0.161. The molecule has 5 atom stereocenters. The Morgan fingerprint density at radius 1 is 0.287 bits per heavy atom. The van der Waals surface area contributed by atoms with Crippen molar-refractivity contribution in [3.05, 3.63) is 0 Å². The zero-order valence-electron chi connectivity index (χ0n) is 61.4. The highest BCUT2D eigenvalue weighted by molar-refractivity contribution is 7.47. The van der Waals surface area contributed by atoms with Gasteiger partial charge < -0.3 is 33.8 Å². The van der Waals surface area contributed by atoms with E-state index in [4.69, 9.17) is 37.0 Å². The quantitative estimate of drug-likeness (QED) is 0.0222. The predicted octanol–water partition coefficient (Wildman–Crippen LogP) is 21.8. The summed E-state index contributed by atoms with van der Waals surface area (Å²) in [6, 6.07) is 0. The van der Waals surface area contributed by atoms with E-state index >= 15 is 0 Å². The molecule has 0 aliphatic carbocycles. The minimum Gasteiger partial charge on any atom is -0.462 e. The highest BCUT2D eigenvalue weighted by atomic mass is 31.2. The molecule has 94 heavy (non-hydrogen) atoms. The molecule has 19 heteroatoms. The van der Waals surface area contributed by atoms with Crippen LogP contribution in [0.15, 0.2) is 0 Å². The van der Waals surface area contributed by atoms with Gasteiger partial charge in [0.25, 0.3) is 0 Å². The third kappa shape index (κ3) is 68.6. The van der Waals surface area contributed by atoms with Gasteiger partial charge in [-0.1, -0.05) is 331 Å². The van der Waals surface area contributed by atoms with E-state index in [2.05, 4.69) is 48.5 Å². The normalized spacial score (nSPS) is 14.1. The van der Waals surface area contributed by atoms with Crippen LogP contribution in [0.1, 0.15) is 382 Å². The van der Waals surface area contributed by atoms with Crippen LogP contribution < -0.4 is 0 Å². The van der Waals surface area contributed by atoms with E-state index in [0.717, 1.165) is 114 Å². The molecule has 0 spiro atoms. The molecule has 0 radical (unpaired) electrons. The van der Waals surface area contributed by atoms with E-state index in [1.54, 1.807) is 0 Å². The van der Waals surface area contributed by atoms with Crippen LogP contribution in [0.3, 0.4) is 0 Å². The van der Waals surface area contributed by atoms with Gasteiger partial charge in [-0.2, -0.15) is 0 Å². The van der Waals surface area contributed by atoms with E-state index in [1.807, 2.05) is 0 Å². The summed E-state index contributed by atoms with van der Waals surface area (Å²) in [5.41, 5.74) is 0. The van der Waals surface area contributed by atoms with Crippen molar-refractivity contribution in [2.45, 2.75) is 401 Å². The molecule has 0 bridgehead atoms. The lowest BCUT2D eigenvalue weighted by Gasteiger charge is -2.21. The Bertz CT molecular complexity index is 1840. The summed E-state index contributed by atoms with van der Waals surface area (Å²) in [6.45, 7) is 11.9. The number of unbranched alkanes of at least 4 members (excludes halogenated alkanes) is 41. The average Bonchev–Trinajstić information content (AvgIpc) is 1.52. The first kappa shape index (κ1) is 92.1. The molecular weight excluding hydrogens is 1230 g/mol. The standard InChI is InChI=1S/C75H146O17P2/c1-8-9-10-11-12-35-42-49-56-72(77)85-62-70(92-75(80)59-52-45-38-31-30-34-41-48-55-68(6)7)64-89-93(81,82)87-60-69(76)61-88-94(83,84)90-65-71(63-86-73(78)57-50-43-36-28-24-20-17-16-19-23-27-33-40-47-54-67(4)5)91-74(79)58-51-44-37-29-25-21-15-13-14-18-22-26-32-39-46-53-66(2)3/h66-71,76H,8-65H2,1-7H3,(H,81,82)(H,83,84)/t69-,70+,71+/m0/s1.